The Morgan fingerprint density at radius 2 is 1.90 bits per heavy atom. The second kappa shape index (κ2) is 6.29. The molecular formula is C15H21ClN2O2. The van der Waals surface area contributed by atoms with E-state index in [1.165, 1.54) is 5.56 Å². The van der Waals surface area contributed by atoms with Crippen molar-refractivity contribution in [1.29, 1.82) is 0 Å². The van der Waals surface area contributed by atoms with E-state index in [-0.39, 0.29) is 24.4 Å². The molecule has 0 radical (unpaired) electrons. The molecule has 1 atom stereocenters. The largest absolute Gasteiger partial charge is 0.451 e. The standard InChI is InChI=1S/C15H20N2O2.ClH/c1-9-5-12-7-14(19-13(12)6-10(9)2)15(18)17(4)11(3)8-16;/h5-7,11H,8,16H2,1-4H3;1H. The Labute approximate surface area is 125 Å². The van der Waals surface area contributed by atoms with Crippen molar-refractivity contribution in [1.82, 2.24) is 4.90 Å². The number of rotatable bonds is 3. The molecule has 2 N–H and O–H groups in total. The first kappa shape index (κ1) is 16.5. The average Bonchev–Trinajstić information content (AvgIpc) is 2.79. The number of aryl methyl sites for hydroxylation is 2. The second-order valence-corrected chi connectivity index (χ2v) is 5.09. The predicted molar refractivity (Wildman–Crippen MR) is 83.5 cm³/mol. The summed E-state index contributed by atoms with van der Waals surface area (Å²) in [4.78, 5) is 13.9. The average molecular weight is 297 g/mol. The fourth-order valence-corrected chi connectivity index (χ4v) is 1.94. The number of carbonyl (C=O) groups excluding carboxylic acids is 1. The summed E-state index contributed by atoms with van der Waals surface area (Å²) in [6, 6.07) is 5.79. The molecule has 2 rings (SSSR count). The van der Waals surface area contributed by atoms with Crippen molar-refractivity contribution in [3.05, 3.63) is 35.1 Å². The van der Waals surface area contributed by atoms with Gasteiger partial charge in [-0.1, -0.05) is 0 Å². The summed E-state index contributed by atoms with van der Waals surface area (Å²) in [5, 5.41) is 0.959. The zero-order valence-electron chi connectivity index (χ0n) is 12.3. The lowest BCUT2D eigenvalue weighted by molar-refractivity contribution is 0.0718. The number of furan rings is 1. The summed E-state index contributed by atoms with van der Waals surface area (Å²) in [5.74, 6) is 0.229. The Bertz CT molecular complexity index is 583. The number of hydrogen-bond acceptors (Lipinski definition) is 3. The Balaban J connectivity index is 0.00000200. The molecule has 0 bridgehead atoms. The van der Waals surface area contributed by atoms with Gasteiger partial charge in [0, 0.05) is 25.0 Å². The highest BCUT2D eigenvalue weighted by Gasteiger charge is 2.20. The van der Waals surface area contributed by atoms with Gasteiger partial charge in [-0.05, 0) is 50.1 Å². The van der Waals surface area contributed by atoms with Crippen LogP contribution in [0.2, 0.25) is 0 Å². The molecule has 1 heterocycles. The van der Waals surface area contributed by atoms with Gasteiger partial charge in [0.25, 0.3) is 5.91 Å². The second-order valence-electron chi connectivity index (χ2n) is 5.09. The molecule has 0 saturated carbocycles. The SMILES string of the molecule is Cc1cc2cc(C(=O)N(C)C(C)CN)oc2cc1C.Cl. The van der Waals surface area contributed by atoms with Crippen LogP contribution < -0.4 is 5.73 Å². The van der Waals surface area contributed by atoms with Gasteiger partial charge in [0.15, 0.2) is 5.76 Å². The number of nitrogens with two attached hydrogens (primary N) is 1. The van der Waals surface area contributed by atoms with E-state index in [9.17, 15) is 4.79 Å². The molecule has 0 aliphatic carbocycles. The normalized spacial score (nSPS) is 12.1. The van der Waals surface area contributed by atoms with Crippen LogP contribution in [0.1, 0.15) is 28.6 Å². The molecule has 1 aromatic carbocycles. The van der Waals surface area contributed by atoms with Gasteiger partial charge >= 0.3 is 0 Å². The molecule has 20 heavy (non-hydrogen) atoms. The summed E-state index contributed by atoms with van der Waals surface area (Å²) in [7, 11) is 1.74. The Kier molecular flexibility index (Phi) is 5.20. The number of amides is 1. The number of carbonyl (C=O) groups is 1. The van der Waals surface area contributed by atoms with Gasteiger partial charge in [0.05, 0.1) is 0 Å². The Morgan fingerprint density at radius 1 is 1.30 bits per heavy atom. The summed E-state index contributed by atoms with van der Waals surface area (Å²) in [6.45, 7) is 6.42. The van der Waals surface area contributed by atoms with E-state index < -0.39 is 0 Å². The molecule has 1 amide bonds. The first-order chi connectivity index (χ1) is 8.93. The van der Waals surface area contributed by atoms with Crippen molar-refractivity contribution in [3.8, 4) is 0 Å². The number of nitrogens with zero attached hydrogens (tertiary/aromatic N) is 1. The van der Waals surface area contributed by atoms with E-state index in [4.69, 9.17) is 10.2 Å². The van der Waals surface area contributed by atoms with Crippen LogP contribution in [0.3, 0.4) is 0 Å². The van der Waals surface area contributed by atoms with Crippen LogP contribution in [0.5, 0.6) is 0 Å². The van der Waals surface area contributed by atoms with Gasteiger partial charge in [-0.3, -0.25) is 4.79 Å². The van der Waals surface area contributed by atoms with Crippen LogP contribution in [0.25, 0.3) is 11.0 Å². The smallest absolute Gasteiger partial charge is 0.289 e. The molecule has 1 unspecified atom stereocenters. The van der Waals surface area contributed by atoms with E-state index >= 15 is 0 Å². The Morgan fingerprint density at radius 3 is 2.50 bits per heavy atom. The van der Waals surface area contributed by atoms with Crippen LogP contribution in [-0.4, -0.2) is 30.4 Å². The third-order valence-corrected chi connectivity index (χ3v) is 3.67. The minimum absolute atomic E-state index is 0. The number of benzene rings is 1. The molecule has 0 saturated heterocycles. The molecular weight excluding hydrogens is 276 g/mol. The van der Waals surface area contributed by atoms with Gasteiger partial charge in [0.1, 0.15) is 5.58 Å². The van der Waals surface area contributed by atoms with Crippen LogP contribution in [0.4, 0.5) is 0 Å². The third-order valence-electron chi connectivity index (χ3n) is 3.67. The number of hydrogen-bond donors (Lipinski definition) is 1. The third kappa shape index (κ3) is 2.97. The van der Waals surface area contributed by atoms with Crippen molar-refractivity contribution in [2.75, 3.05) is 13.6 Å². The lowest BCUT2D eigenvalue weighted by atomic mass is 10.1. The zero-order chi connectivity index (χ0) is 14.2. The van der Waals surface area contributed by atoms with E-state index in [2.05, 4.69) is 0 Å². The molecule has 4 nitrogen and oxygen atoms in total. The van der Waals surface area contributed by atoms with Gasteiger partial charge < -0.3 is 15.1 Å². The summed E-state index contributed by atoms with van der Waals surface area (Å²) in [6.07, 6.45) is 0. The van der Waals surface area contributed by atoms with Crippen LogP contribution in [0, 0.1) is 13.8 Å². The summed E-state index contributed by atoms with van der Waals surface area (Å²) >= 11 is 0. The van der Waals surface area contributed by atoms with Crippen LogP contribution in [-0.2, 0) is 0 Å². The predicted octanol–water partition coefficient (Wildman–Crippen LogP) is 2.89. The number of likely N-dealkylation sites (N-methyl/N-ethyl adjacent to an activating group) is 1. The highest BCUT2D eigenvalue weighted by atomic mass is 35.5. The molecule has 5 heteroatoms. The Hall–Kier alpha value is -1.52. The highest BCUT2D eigenvalue weighted by Crippen LogP contribution is 2.24. The van der Waals surface area contributed by atoms with Crippen molar-refractivity contribution in [3.63, 3.8) is 0 Å². The van der Waals surface area contributed by atoms with E-state index in [0.717, 1.165) is 16.5 Å². The topological polar surface area (TPSA) is 59.5 Å². The minimum atomic E-state index is -0.135. The first-order valence-electron chi connectivity index (χ1n) is 6.42. The maximum Gasteiger partial charge on any atom is 0.289 e. The monoisotopic (exact) mass is 296 g/mol. The maximum absolute atomic E-state index is 12.3. The van der Waals surface area contributed by atoms with Gasteiger partial charge in [-0.25, -0.2) is 0 Å². The fraction of sp³-hybridized carbons (Fsp3) is 0.400. The van der Waals surface area contributed by atoms with Crippen molar-refractivity contribution in [2.24, 2.45) is 5.73 Å². The summed E-state index contributed by atoms with van der Waals surface area (Å²) in [5.41, 5.74) is 8.68. The summed E-state index contributed by atoms with van der Waals surface area (Å²) < 4.78 is 5.65. The maximum atomic E-state index is 12.3. The molecule has 0 aliphatic heterocycles. The highest BCUT2D eigenvalue weighted by molar-refractivity contribution is 5.96. The van der Waals surface area contributed by atoms with Crippen molar-refractivity contribution >= 4 is 29.3 Å². The fourth-order valence-electron chi connectivity index (χ4n) is 1.94. The number of fused-ring (bicyclic) bond motifs is 1. The molecule has 0 fully saturated rings. The minimum Gasteiger partial charge on any atom is -0.451 e. The van der Waals surface area contributed by atoms with Gasteiger partial charge in [-0.2, -0.15) is 0 Å². The van der Waals surface area contributed by atoms with E-state index in [0.29, 0.717) is 12.3 Å². The quantitative estimate of drug-likeness (QED) is 0.947. The molecule has 0 aliphatic rings. The van der Waals surface area contributed by atoms with Crippen LogP contribution >= 0.6 is 12.4 Å². The first-order valence-corrected chi connectivity index (χ1v) is 6.42. The van der Waals surface area contributed by atoms with Crippen LogP contribution in [0.15, 0.2) is 22.6 Å². The molecule has 2 aromatic rings. The number of halogens is 1. The molecule has 110 valence electrons. The zero-order valence-corrected chi connectivity index (χ0v) is 13.1. The van der Waals surface area contributed by atoms with Gasteiger partial charge in [-0.15, -0.1) is 12.4 Å². The van der Waals surface area contributed by atoms with E-state index in [1.807, 2.05) is 32.9 Å². The van der Waals surface area contributed by atoms with Crippen molar-refractivity contribution < 1.29 is 9.21 Å². The van der Waals surface area contributed by atoms with Crippen molar-refractivity contribution in [2.45, 2.75) is 26.8 Å². The lowest BCUT2D eigenvalue weighted by Gasteiger charge is -2.22. The molecule has 1 aromatic heterocycles. The lowest BCUT2D eigenvalue weighted by Crippen LogP contribution is -2.39. The van der Waals surface area contributed by atoms with Gasteiger partial charge in [0.2, 0.25) is 0 Å². The van der Waals surface area contributed by atoms with E-state index in [1.54, 1.807) is 18.0 Å². The molecule has 0 spiro atoms.